The minimum atomic E-state index is -0.934. The molecule has 1 saturated heterocycles. The lowest BCUT2D eigenvalue weighted by molar-refractivity contribution is -0.384. The van der Waals surface area contributed by atoms with Gasteiger partial charge in [-0.25, -0.2) is 4.79 Å². The van der Waals surface area contributed by atoms with Crippen molar-refractivity contribution in [2.24, 2.45) is 10.9 Å². The Balaban J connectivity index is 1.31. The van der Waals surface area contributed by atoms with Crippen LogP contribution in [-0.2, 0) is 35.0 Å². The van der Waals surface area contributed by atoms with E-state index in [1.807, 2.05) is 24.3 Å². The standard InChI is InChI=1S/C32H38N2O9/c1-21-28(31(35)39-3)30(24-8-6-9-25(20-24)34(37)38)29(22(2)33-21)32(36)43-18-7-17-40-26-13-11-23(12-14-26)15-19-42-27-10-4-5-16-41-27/h6,8-9,11-14,20,27-28,30H,4-5,7,10,15-19H2,1-3H3/t27-,28?,30?/m1/s1. The summed E-state index contributed by atoms with van der Waals surface area (Å²) >= 11 is 0. The lowest BCUT2D eigenvalue weighted by Crippen LogP contribution is -2.36. The van der Waals surface area contributed by atoms with Gasteiger partial charge in [-0.15, -0.1) is 0 Å². The number of aliphatic imine (C=N–C) groups is 1. The fraction of sp³-hybridized carbons (Fsp3) is 0.469. The zero-order chi connectivity index (χ0) is 30.8. The van der Waals surface area contributed by atoms with Crippen molar-refractivity contribution in [1.29, 1.82) is 0 Å². The quantitative estimate of drug-likeness (QED) is 0.131. The Bertz CT molecular complexity index is 1350. The number of nitrogens with zero attached hydrogens (tertiary/aromatic N) is 2. The van der Waals surface area contributed by atoms with Crippen molar-refractivity contribution in [1.82, 2.24) is 0 Å². The van der Waals surface area contributed by atoms with Crippen molar-refractivity contribution < 1.29 is 38.2 Å². The van der Waals surface area contributed by atoms with E-state index in [2.05, 4.69) is 4.99 Å². The number of hydrogen-bond donors (Lipinski definition) is 0. The molecule has 2 heterocycles. The zero-order valence-electron chi connectivity index (χ0n) is 24.8. The Morgan fingerprint density at radius 3 is 2.56 bits per heavy atom. The van der Waals surface area contributed by atoms with E-state index >= 15 is 0 Å². The van der Waals surface area contributed by atoms with Gasteiger partial charge in [0.25, 0.3) is 5.69 Å². The number of benzene rings is 2. The second-order valence-electron chi connectivity index (χ2n) is 10.5. The fourth-order valence-electron chi connectivity index (χ4n) is 5.32. The largest absolute Gasteiger partial charge is 0.493 e. The van der Waals surface area contributed by atoms with Gasteiger partial charge in [0.05, 0.1) is 37.4 Å². The van der Waals surface area contributed by atoms with Gasteiger partial charge in [0.2, 0.25) is 0 Å². The molecule has 0 N–H and O–H groups in total. The second kappa shape index (κ2) is 15.4. The van der Waals surface area contributed by atoms with Crippen molar-refractivity contribution in [3.63, 3.8) is 0 Å². The Morgan fingerprint density at radius 1 is 1.07 bits per heavy atom. The third-order valence-corrected chi connectivity index (χ3v) is 7.49. The maximum atomic E-state index is 13.3. The van der Waals surface area contributed by atoms with Gasteiger partial charge in [0.15, 0.2) is 6.29 Å². The molecule has 2 aromatic carbocycles. The van der Waals surface area contributed by atoms with E-state index in [0.717, 1.165) is 37.9 Å². The van der Waals surface area contributed by atoms with Crippen LogP contribution in [-0.4, -0.2) is 62.4 Å². The molecule has 4 rings (SSSR count). The van der Waals surface area contributed by atoms with Crippen molar-refractivity contribution in [3.8, 4) is 5.75 Å². The number of non-ortho nitro benzene ring substituents is 1. The predicted molar refractivity (Wildman–Crippen MR) is 158 cm³/mol. The first-order chi connectivity index (χ1) is 20.8. The molecule has 0 spiro atoms. The fourth-order valence-corrected chi connectivity index (χ4v) is 5.32. The molecule has 0 bridgehead atoms. The Hall–Kier alpha value is -4.09. The number of methoxy groups -OCH3 is 1. The number of carbonyl (C=O) groups excluding carboxylic acids is 2. The Morgan fingerprint density at radius 2 is 1.86 bits per heavy atom. The average Bonchev–Trinajstić information content (AvgIpc) is 3.01. The molecule has 2 aliphatic rings. The van der Waals surface area contributed by atoms with Gasteiger partial charge < -0.3 is 23.7 Å². The Kier molecular flexibility index (Phi) is 11.4. The minimum absolute atomic E-state index is 0.0710. The van der Waals surface area contributed by atoms with E-state index in [1.54, 1.807) is 19.9 Å². The predicted octanol–water partition coefficient (Wildman–Crippen LogP) is 5.31. The van der Waals surface area contributed by atoms with Crippen molar-refractivity contribution in [3.05, 3.63) is 81.0 Å². The van der Waals surface area contributed by atoms with E-state index < -0.39 is 28.7 Å². The van der Waals surface area contributed by atoms with E-state index in [9.17, 15) is 19.7 Å². The first-order valence-electron chi connectivity index (χ1n) is 14.5. The van der Waals surface area contributed by atoms with Crippen molar-refractivity contribution >= 4 is 23.3 Å². The summed E-state index contributed by atoms with van der Waals surface area (Å²) in [6.45, 7) is 5.07. The van der Waals surface area contributed by atoms with Crippen LogP contribution in [0.25, 0.3) is 0 Å². The van der Waals surface area contributed by atoms with Gasteiger partial charge in [0, 0.05) is 42.5 Å². The van der Waals surface area contributed by atoms with E-state index in [0.29, 0.717) is 42.4 Å². The van der Waals surface area contributed by atoms with Crippen LogP contribution in [0.2, 0.25) is 0 Å². The molecule has 2 unspecified atom stereocenters. The highest BCUT2D eigenvalue weighted by Gasteiger charge is 2.42. The number of rotatable bonds is 13. The van der Waals surface area contributed by atoms with Crippen molar-refractivity contribution in [2.75, 3.05) is 33.5 Å². The zero-order valence-corrected chi connectivity index (χ0v) is 24.8. The van der Waals surface area contributed by atoms with Crippen LogP contribution in [0.15, 0.2) is 64.8 Å². The summed E-state index contributed by atoms with van der Waals surface area (Å²) < 4.78 is 27.8. The number of nitro benzene ring substituents is 1. The van der Waals surface area contributed by atoms with Gasteiger partial charge in [-0.3, -0.25) is 19.9 Å². The summed E-state index contributed by atoms with van der Waals surface area (Å²) in [5, 5.41) is 11.4. The molecular weight excluding hydrogens is 556 g/mol. The number of carbonyl (C=O) groups is 2. The number of nitro groups is 1. The molecule has 0 saturated carbocycles. The summed E-state index contributed by atoms with van der Waals surface area (Å²) in [5.41, 5.74) is 2.39. The molecule has 1 fully saturated rings. The van der Waals surface area contributed by atoms with E-state index in [-0.39, 0.29) is 24.2 Å². The van der Waals surface area contributed by atoms with Crippen LogP contribution >= 0.6 is 0 Å². The molecule has 230 valence electrons. The lowest BCUT2D eigenvalue weighted by Gasteiger charge is -2.31. The number of ether oxygens (including phenoxy) is 5. The smallest absolute Gasteiger partial charge is 0.336 e. The molecule has 0 amide bonds. The van der Waals surface area contributed by atoms with Crippen molar-refractivity contribution in [2.45, 2.75) is 58.2 Å². The van der Waals surface area contributed by atoms with Gasteiger partial charge in [-0.05, 0) is 62.8 Å². The highest BCUT2D eigenvalue weighted by molar-refractivity contribution is 6.07. The van der Waals surface area contributed by atoms with Gasteiger partial charge >= 0.3 is 11.9 Å². The first-order valence-corrected chi connectivity index (χ1v) is 14.5. The summed E-state index contributed by atoms with van der Waals surface area (Å²) in [5.74, 6) is -2.33. The van der Waals surface area contributed by atoms with Crippen LogP contribution in [0.1, 0.15) is 56.6 Å². The molecule has 11 heteroatoms. The summed E-state index contributed by atoms with van der Waals surface area (Å²) in [7, 11) is 1.25. The third kappa shape index (κ3) is 8.48. The maximum Gasteiger partial charge on any atom is 0.336 e. The first kappa shape index (κ1) is 31.8. The van der Waals surface area contributed by atoms with Crippen LogP contribution < -0.4 is 4.74 Å². The monoisotopic (exact) mass is 594 g/mol. The third-order valence-electron chi connectivity index (χ3n) is 7.49. The molecule has 0 radical (unpaired) electrons. The van der Waals surface area contributed by atoms with Gasteiger partial charge in [0.1, 0.15) is 11.7 Å². The molecular formula is C32H38N2O9. The molecule has 0 aromatic heterocycles. The maximum absolute atomic E-state index is 13.3. The van der Waals surface area contributed by atoms with Gasteiger partial charge in [-0.1, -0.05) is 24.3 Å². The Labute approximate surface area is 251 Å². The highest BCUT2D eigenvalue weighted by atomic mass is 16.7. The molecule has 2 aliphatic heterocycles. The lowest BCUT2D eigenvalue weighted by atomic mass is 9.75. The number of allylic oxidation sites excluding steroid dienone is 1. The van der Waals surface area contributed by atoms with Crippen LogP contribution in [0.5, 0.6) is 5.75 Å². The topological polar surface area (TPSA) is 136 Å². The van der Waals surface area contributed by atoms with Crippen LogP contribution in [0, 0.1) is 16.0 Å². The summed E-state index contributed by atoms with van der Waals surface area (Å²) in [6, 6.07) is 13.6. The number of esters is 2. The normalized spacial score (nSPS) is 20.3. The molecule has 2 aromatic rings. The molecule has 11 nitrogen and oxygen atoms in total. The number of hydrogen-bond acceptors (Lipinski definition) is 10. The van der Waals surface area contributed by atoms with Crippen LogP contribution in [0.4, 0.5) is 5.69 Å². The highest BCUT2D eigenvalue weighted by Crippen LogP contribution is 2.41. The molecule has 3 atom stereocenters. The average molecular weight is 595 g/mol. The minimum Gasteiger partial charge on any atom is -0.493 e. The molecule has 43 heavy (non-hydrogen) atoms. The van der Waals surface area contributed by atoms with Crippen LogP contribution in [0.3, 0.4) is 0 Å². The summed E-state index contributed by atoms with van der Waals surface area (Å²) in [4.78, 5) is 41.5. The van der Waals surface area contributed by atoms with E-state index in [4.69, 9.17) is 23.7 Å². The SMILES string of the molecule is COC(=O)C1C(C)=NC(C)=C(C(=O)OCCCOc2ccc(CCO[C@@H]3CCCCO3)cc2)C1c1cccc([N+](=O)[O-])c1. The van der Waals surface area contributed by atoms with Gasteiger partial charge in [-0.2, -0.15) is 0 Å². The van der Waals surface area contributed by atoms with E-state index in [1.165, 1.54) is 25.3 Å². The summed E-state index contributed by atoms with van der Waals surface area (Å²) in [6.07, 6.45) is 4.29. The molecule has 0 aliphatic carbocycles. The second-order valence-corrected chi connectivity index (χ2v) is 10.5.